The zero-order valence-corrected chi connectivity index (χ0v) is 15.5. The van der Waals surface area contributed by atoms with Crippen molar-refractivity contribution < 1.29 is 14.6 Å². The number of nitrogens with zero attached hydrogens (tertiary/aromatic N) is 1. The number of hydrogen-bond donors (Lipinski definition) is 2. The van der Waals surface area contributed by atoms with Gasteiger partial charge in [-0.05, 0) is 42.8 Å². The molecule has 2 aromatic rings. The van der Waals surface area contributed by atoms with Crippen LogP contribution >= 0.6 is 23.2 Å². The Labute approximate surface area is 161 Å². The summed E-state index contributed by atoms with van der Waals surface area (Å²) in [5.74, 6) is -0.804. The molecule has 1 amide bonds. The summed E-state index contributed by atoms with van der Waals surface area (Å²) in [6, 6.07) is 8.82. The van der Waals surface area contributed by atoms with Crippen molar-refractivity contribution in [2.45, 2.75) is 37.6 Å². The lowest BCUT2D eigenvalue weighted by Gasteiger charge is -2.30. The number of fused-ring (bicyclic) bond motifs is 2. The number of aryl methyl sites for hydroxylation is 1. The third-order valence-electron chi connectivity index (χ3n) is 5.12. The fourth-order valence-electron chi connectivity index (χ4n) is 4.02. The number of pyridine rings is 1. The van der Waals surface area contributed by atoms with Crippen molar-refractivity contribution in [1.82, 2.24) is 4.98 Å². The highest BCUT2D eigenvalue weighted by Gasteiger charge is 2.57. The topological polar surface area (TPSA) is 71.5 Å². The quantitative estimate of drug-likeness (QED) is 0.837. The van der Waals surface area contributed by atoms with Crippen LogP contribution in [0.4, 0.5) is 5.69 Å². The van der Waals surface area contributed by atoms with E-state index in [4.69, 9.17) is 27.9 Å². The lowest BCUT2D eigenvalue weighted by molar-refractivity contribution is -0.123. The molecule has 136 valence electrons. The van der Waals surface area contributed by atoms with Crippen LogP contribution in [0.25, 0.3) is 0 Å². The molecule has 5 unspecified atom stereocenters. The molecule has 2 fully saturated rings. The minimum Gasteiger partial charge on any atom is -0.390 e. The number of carbonyl (C=O) groups is 1. The van der Waals surface area contributed by atoms with Crippen LogP contribution in [0, 0.1) is 12.8 Å². The van der Waals surface area contributed by atoms with Crippen LogP contribution in [-0.2, 0) is 9.53 Å². The number of anilines is 1. The summed E-state index contributed by atoms with van der Waals surface area (Å²) >= 11 is 12.0. The molecule has 1 aromatic heterocycles. The molecular formula is C19H18Cl2N2O3. The van der Waals surface area contributed by atoms with Gasteiger partial charge in [0.05, 0.1) is 34.3 Å². The molecule has 1 aromatic carbocycles. The number of aromatic nitrogens is 1. The molecule has 0 radical (unpaired) electrons. The Morgan fingerprint density at radius 1 is 1.27 bits per heavy atom. The molecule has 0 spiro atoms. The number of aliphatic hydroxyl groups excluding tert-OH is 1. The standard InChI is InChI=1S/C19H18Cl2N2O3/c1-9-6-10(4-5-22-9)16-15-8-14(24)18(26-15)17(16)19(25)23-11-2-3-12(20)13(21)7-11/h2-7,14-18,24H,8H2,1H3,(H,23,25). The van der Waals surface area contributed by atoms with Crippen molar-refractivity contribution in [2.75, 3.05) is 5.32 Å². The number of aliphatic hydroxyl groups is 1. The average Bonchev–Trinajstić information content (AvgIpc) is 3.15. The fraction of sp³-hybridized carbons (Fsp3) is 0.368. The van der Waals surface area contributed by atoms with Crippen LogP contribution in [0.5, 0.6) is 0 Å². The Bertz CT molecular complexity index is 860. The Balaban J connectivity index is 1.63. The molecule has 7 heteroatoms. The number of nitrogens with one attached hydrogen (secondary N) is 1. The second kappa shape index (κ2) is 6.82. The third-order valence-corrected chi connectivity index (χ3v) is 5.86. The lowest BCUT2D eigenvalue weighted by Crippen LogP contribution is -2.42. The third kappa shape index (κ3) is 3.09. The highest BCUT2D eigenvalue weighted by atomic mass is 35.5. The Morgan fingerprint density at radius 2 is 2.08 bits per heavy atom. The molecule has 2 aliphatic heterocycles. The zero-order valence-electron chi connectivity index (χ0n) is 14.0. The van der Waals surface area contributed by atoms with Crippen LogP contribution < -0.4 is 5.32 Å². The van der Waals surface area contributed by atoms with Crippen LogP contribution in [0.15, 0.2) is 36.5 Å². The molecular weight excluding hydrogens is 375 g/mol. The molecule has 5 atom stereocenters. The van der Waals surface area contributed by atoms with E-state index in [1.807, 2.05) is 19.1 Å². The van der Waals surface area contributed by atoms with E-state index in [-0.39, 0.29) is 17.9 Å². The Hall–Kier alpha value is -1.66. The van der Waals surface area contributed by atoms with Crippen LogP contribution in [0.3, 0.4) is 0 Å². The maximum absolute atomic E-state index is 13.0. The van der Waals surface area contributed by atoms with E-state index in [1.54, 1.807) is 24.4 Å². The van der Waals surface area contributed by atoms with Gasteiger partial charge in [0.15, 0.2) is 0 Å². The van der Waals surface area contributed by atoms with E-state index in [1.165, 1.54) is 0 Å². The second-order valence-corrected chi connectivity index (χ2v) is 7.66. The van der Waals surface area contributed by atoms with Gasteiger partial charge in [-0.25, -0.2) is 0 Å². The first-order chi connectivity index (χ1) is 12.4. The number of amides is 1. The molecule has 2 aliphatic rings. The van der Waals surface area contributed by atoms with Gasteiger partial charge in [-0.3, -0.25) is 9.78 Å². The first-order valence-electron chi connectivity index (χ1n) is 8.46. The van der Waals surface area contributed by atoms with Crippen molar-refractivity contribution in [3.63, 3.8) is 0 Å². The molecule has 3 heterocycles. The van der Waals surface area contributed by atoms with Crippen LogP contribution in [-0.4, -0.2) is 34.3 Å². The summed E-state index contributed by atoms with van der Waals surface area (Å²) in [5.41, 5.74) is 2.45. The summed E-state index contributed by atoms with van der Waals surface area (Å²) in [5, 5.41) is 13.9. The number of hydrogen-bond acceptors (Lipinski definition) is 4. The monoisotopic (exact) mass is 392 g/mol. The number of halogens is 2. The van der Waals surface area contributed by atoms with Gasteiger partial charge in [0.25, 0.3) is 0 Å². The second-order valence-electron chi connectivity index (χ2n) is 6.84. The van der Waals surface area contributed by atoms with Gasteiger partial charge in [-0.1, -0.05) is 23.2 Å². The summed E-state index contributed by atoms with van der Waals surface area (Å²) in [6.07, 6.45) is 0.945. The molecule has 2 bridgehead atoms. The largest absolute Gasteiger partial charge is 0.390 e. The smallest absolute Gasteiger partial charge is 0.230 e. The van der Waals surface area contributed by atoms with Gasteiger partial charge in [0, 0.05) is 29.9 Å². The highest BCUT2D eigenvalue weighted by molar-refractivity contribution is 6.42. The van der Waals surface area contributed by atoms with Crippen molar-refractivity contribution in [2.24, 2.45) is 5.92 Å². The fourth-order valence-corrected chi connectivity index (χ4v) is 4.32. The molecule has 0 saturated carbocycles. The SMILES string of the molecule is Cc1cc(C2C3CC(O)C(O3)C2C(=O)Nc2ccc(Cl)c(Cl)c2)ccn1. The maximum Gasteiger partial charge on any atom is 0.230 e. The molecule has 2 saturated heterocycles. The summed E-state index contributed by atoms with van der Waals surface area (Å²) in [7, 11) is 0. The van der Waals surface area contributed by atoms with Gasteiger partial charge >= 0.3 is 0 Å². The van der Waals surface area contributed by atoms with E-state index in [2.05, 4.69) is 10.3 Å². The van der Waals surface area contributed by atoms with E-state index >= 15 is 0 Å². The number of ether oxygens (including phenoxy) is 1. The van der Waals surface area contributed by atoms with E-state index < -0.39 is 18.1 Å². The first-order valence-corrected chi connectivity index (χ1v) is 9.21. The molecule has 4 rings (SSSR count). The summed E-state index contributed by atoms with van der Waals surface area (Å²) in [4.78, 5) is 17.2. The molecule has 0 aliphatic carbocycles. The van der Waals surface area contributed by atoms with E-state index in [0.717, 1.165) is 11.3 Å². The molecule has 2 N–H and O–H groups in total. The maximum atomic E-state index is 13.0. The molecule has 26 heavy (non-hydrogen) atoms. The predicted molar refractivity (Wildman–Crippen MR) is 99.6 cm³/mol. The van der Waals surface area contributed by atoms with Gasteiger partial charge in [-0.2, -0.15) is 0 Å². The Kier molecular flexibility index (Phi) is 4.65. The van der Waals surface area contributed by atoms with Crippen molar-refractivity contribution in [1.29, 1.82) is 0 Å². The summed E-state index contributed by atoms with van der Waals surface area (Å²) < 4.78 is 5.93. The Morgan fingerprint density at radius 3 is 2.81 bits per heavy atom. The van der Waals surface area contributed by atoms with Crippen LogP contribution in [0.1, 0.15) is 23.6 Å². The predicted octanol–water partition coefficient (Wildman–Crippen LogP) is 3.57. The minimum absolute atomic E-state index is 0.118. The zero-order chi connectivity index (χ0) is 18.4. The van der Waals surface area contributed by atoms with Gasteiger partial charge < -0.3 is 15.2 Å². The highest BCUT2D eigenvalue weighted by Crippen LogP contribution is 2.49. The summed E-state index contributed by atoms with van der Waals surface area (Å²) in [6.45, 7) is 1.91. The van der Waals surface area contributed by atoms with Gasteiger partial charge in [0.1, 0.15) is 0 Å². The van der Waals surface area contributed by atoms with Crippen molar-refractivity contribution in [3.8, 4) is 0 Å². The normalized spacial score (nSPS) is 29.8. The van der Waals surface area contributed by atoms with Crippen LogP contribution in [0.2, 0.25) is 10.0 Å². The lowest BCUT2D eigenvalue weighted by atomic mass is 9.74. The van der Waals surface area contributed by atoms with Gasteiger partial charge in [-0.15, -0.1) is 0 Å². The number of carbonyl (C=O) groups excluding carboxylic acids is 1. The van der Waals surface area contributed by atoms with E-state index in [0.29, 0.717) is 22.2 Å². The number of rotatable bonds is 3. The number of benzene rings is 1. The molecule has 5 nitrogen and oxygen atoms in total. The van der Waals surface area contributed by atoms with Crippen molar-refractivity contribution in [3.05, 3.63) is 57.8 Å². The van der Waals surface area contributed by atoms with Crippen molar-refractivity contribution >= 4 is 34.8 Å². The van der Waals surface area contributed by atoms with Gasteiger partial charge in [0.2, 0.25) is 5.91 Å². The van der Waals surface area contributed by atoms with E-state index in [9.17, 15) is 9.90 Å². The average molecular weight is 393 g/mol. The minimum atomic E-state index is -0.635. The first kappa shape index (κ1) is 17.7.